The first-order valence-corrected chi connectivity index (χ1v) is 6.72. The van der Waals surface area contributed by atoms with Gasteiger partial charge in [0.2, 0.25) is 0 Å². The van der Waals surface area contributed by atoms with Gasteiger partial charge in [-0.15, -0.1) is 11.8 Å². The molecule has 0 saturated heterocycles. The first kappa shape index (κ1) is 14.3. The maximum absolute atomic E-state index is 12.7. The fourth-order valence-electron chi connectivity index (χ4n) is 1.63. The molecule has 1 aromatic rings. The van der Waals surface area contributed by atoms with Gasteiger partial charge in [0.1, 0.15) is 5.25 Å². The Labute approximate surface area is 113 Å². The van der Waals surface area contributed by atoms with E-state index in [0.29, 0.717) is 41.4 Å². The minimum atomic E-state index is -4.32. The number of nitrogens with two attached hydrogens (primary N) is 1. The number of fused-ring (bicyclic) bond motifs is 1. The van der Waals surface area contributed by atoms with Gasteiger partial charge >= 0.3 is 6.18 Å². The van der Waals surface area contributed by atoms with Crippen LogP contribution in [0, 0.1) is 0 Å². The van der Waals surface area contributed by atoms with Gasteiger partial charge in [0, 0.05) is 17.9 Å². The number of halogens is 3. The van der Waals surface area contributed by atoms with Crippen molar-refractivity contribution in [3.63, 3.8) is 0 Å². The molecule has 1 aromatic carbocycles. The van der Waals surface area contributed by atoms with Gasteiger partial charge < -0.3 is 15.2 Å². The molecule has 2 N–H and O–H groups in total. The summed E-state index contributed by atoms with van der Waals surface area (Å²) in [5, 5.41) is -1.61. The van der Waals surface area contributed by atoms with E-state index in [0.717, 1.165) is 6.42 Å². The first-order chi connectivity index (χ1) is 9.00. The third-order valence-corrected chi connectivity index (χ3v) is 3.85. The van der Waals surface area contributed by atoms with Crippen molar-refractivity contribution in [2.45, 2.75) is 22.7 Å². The Morgan fingerprint density at radius 1 is 1.21 bits per heavy atom. The molecule has 1 heterocycles. The van der Waals surface area contributed by atoms with Crippen LogP contribution in [0.25, 0.3) is 0 Å². The molecule has 0 saturated carbocycles. The van der Waals surface area contributed by atoms with Crippen LogP contribution in [0.2, 0.25) is 0 Å². The summed E-state index contributed by atoms with van der Waals surface area (Å²) in [5.74, 6) is 1.05. The predicted molar refractivity (Wildman–Crippen MR) is 66.8 cm³/mol. The normalized spacial score (nSPS) is 16.8. The fourth-order valence-corrected chi connectivity index (χ4v) is 2.51. The van der Waals surface area contributed by atoms with Crippen LogP contribution in [-0.2, 0) is 0 Å². The van der Waals surface area contributed by atoms with Crippen molar-refractivity contribution in [3.8, 4) is 11.5 Å². The smallest absolute Gasteiger partial charge is 0.402 e. The van der Waals surface area contributed by atoms with Crippen LogP contribution >= 0.6 is 11.8 Å². The van der Waals surface area contributed by atoms with E-state index in [4.69, 9.17) is 15.2 Å². The molecule has 19 heavy (non-hydrogen) atoms. The second-order valence-electron chi connectivity index (χ2n) is 4.04. The maximum Gasteiger partial charge on any atom is 0.402 e. The van der Waals surface area contributed by atoms with Crippen LogP contribution in [0.3, 0.4) is 0 Å². The van der Waals surface area contributed by atoms with E-state index in [1.54, 1.807) is 18.2 Å². The van der Waals surface area contributed by atoms with Crippen LogP contribution in [0.1, 0.15) is 6.42 Å². The second-order valence-corrected chi connectivity index (χ2v) is 5.32. The topological polar surface area (TPSA) is 44.5 Å². The zero-order valence-corrected chi connectivity index (χ0v) is 10.9. The lowest BCUT2D eigenvalue weighted by molar-refractivity contribution is -0.126. The highest BCUT2D eigenvalue weighted by atomic mass is 32.2. The Morgan fingerprint density at radius 3 is 2.53 bits per heavy atom. The van der Waals surface area contributed by atoms with E-state index in [-0.39, 0.29) is 0 Å². The summed E-state index contributed by atoms with van der Waals surface area (Å²) in [6.07, 6.45) is -3.56. The number of alkyl halides is 3. The maximum atomic E-state index is 12.7. The Balaban J connectivity index is 2.15. The average molecular weight is 293 g/mol. The first-order valence-electron chi connectivity index (χ1n) is 5.84. The van der Waals surface area contributed by atoms with Crippen LogP contribution in [-0.4, -0.2) is 31.2 Å². The van der Waals surface area contributed by atoms with E-state index in [1.165, 1.54) is 0 Å². The van der Waals surface area contributed by atoms with E-state index in [2.05, 4.69) is 0 Å². The van der Waals surface area contributed by atoms with Crippen LogP contribution in [0.15, 0.2) is 23.1 Å². The molecule has 0 amide bonds. The minimum absolute atomic E-state index is 0.456. The molecular formula is C12H14F3NO2S. The van der Waals surface area contributed by atoms with Gasteiger partial charge in [0.25, 0.3) is 0 Å². The van der Waals surface area contributed by atoms with Gasteiger partial charge in [-0.3, -0.25) is 0 Å². The molecule has 7 heteroatoms. The summed E-state index contributed by atoms with van der Waals surface area (Å²) in [6.45, 7) is 0.594. The molecular weight excluding hydrogens is 279 g/mol. The van der Waals surface area contributed by atoms with Crippen molar-refractivity contribution in [3.05, 3.63) is 18.2 Å². The quantitative estimate of drug-likeness (QED) is 0.870. The Hall–Kier alpha value is -1.08. The van der Waals surface area contributed by atoms with E-state index < -0.39 is 18.0 Å². The summed E-state index contributed by atoms with van der Waals surface area (Å²) in [5.41, 5.74) is 5.17. The van der Waals surface area contributed by atoms with Crippen molar-refractivity contribution in [1.82, 2.24) is 0 Å². The molecule has 0 radical (unpaired) electrons. The van der Waals surface area contributed by atoms with Gasteiger partial charge in [-0.05, 0) is 18.2 Å². The Kier molecular flexibility index (Phi) is 4.46. The highest BCUT2D eigenvalue weighted by molar-refractivity contribution is 8.00. The molecule has 0 spiro atoms. The second kappa shape index (κ2) is 5.92. The molecule has 1 atom stereocenters. The minimum Gasteiger partial charge on any atom is -0.490 e. The fraction of sp³-hybridized carbons (Fsp3) is 0.500. The van der Waals surface area contributed by atoms with Crippen molar-refractivity contribution in [1.29, 1.82) is 0 Å². The van der Waals surface area contributed by atoms with Gasteiger partial charge in [-0.2, -0.15) is 13.2 Å². The summed E-state index contributed by atoms with van der Waals surface area (Å²) >= 11 is 0.690. The summed E-state index contributed by atoms with van der Waals surface area (Å²) < 4.78 is 48.8. The highest BCUT2D eigenvalue weighted by Crippen LogP contribution is 2.39. The van der Waals surface area contributed by atoms with Gasteiger partial charge in [-0.25, -0.2) is 0 Å². The zero-order valence-electron chi connectivity index (χ0n) is 10.1. The lowest BCUT2D eigenvalue weighted by Crippen LogP contribution is -2.32. The molecule has 2 rings (SSSR count). The third kappa shape index (κ3) is 3.70. The summed E-state index contributed by atoms with van der Waals surface area (Å²) in [7, 11) is 0. The molecule has 1 aliphatic rings. The number of hydrogen-bond donors (Lipinski definition) is 1. The van der Waals surface area contributed by atoms with Crippen LogP contribution in [0.4, 0.5) is 13.2 Å². The van der Waals surface area contributed by atoms with Crippen LogP contribution < -0.4 is 15.2 Å². The predicted octanol–water partition coefficient (Wildman–Crippen LogP) is 2.83. The molecule has 0 fully saturated rings. The molecule has 0 aromatic heterocycles. The average Bonchev–Trinajstić information content (AvgIpc) is 2.59. The molecule has 1 unspecified atom stereocenters. The highest BCUT2D eigenvalue weighted by Gasteiger charge is 2.39. The Morgan fingerprint density at radius 2 is 1.89 bits per heavy atom. The lowest BCUT2D eigenvalue weighted by Gasteiger charge is -2.18. The van der Waals surface area contributed by atoms with E-state index in [1.807, 2.05) is 0 Å². The number of benzene rings is 1. The molecule has 1 aliphatic heterocycles. The largest absolute Gasteiger partial charge is 0.490 e. The van der Waals surface area contributed by atoms with Crippen molar-refractivity contribution >= 4 is 11.8 Å². The number of thioether (sulfide) groups is 1. The van der Waals surface area contributed by atoms with Crippen LogP contribution in [0.5, 0.6) is 11.5 Å². The Bertz CT molecular complexity index is 439. The summed E-state index contributed by atoms with van der Waals surface area (Å²) in [4.78, 5) is 0.469. The standard InChI is InChI=1S/C12H14F3NO2S/c13-12(14,15)11(7-16)19-8-2-3-9-10(6-8)18-5-1-4-17-9/h2-3,6,11H,1,4-5,7,16H2. The van der Waals surface area contributed by atoms with Gasteiger partial charge in [-0.1, -0.05) is 0 Å². The van der Waals surface area contributed by atoms with Gasteiger partial charge in [0.05, 0.1) is 13.2 Å². The van der Waals surface area contributed by atoms with E-state index in [9.17, 15) is 13.2 Å². The third-order valence-electron chi connectivity index (χ3n) is 2.58. The molecule has 0 aliphatic carbocycles. The number of rotatable bonds is 3. The van der Waals surface area contributed by atoms with Gasteiger partial charge in [0.15, 0.2) is 11.5 Å². The van der Waals surface area contributed by atoms with E-state index >= 15 is 0 Å². The summed E-state index contributed by atoms with van der Waals surface area (Å²) in [6, 6.07) is 4.79. The van der Waals surface area contributed by atoms with Crippen molar-refractivity contribution in [2.24, 2.45) is 5.73 Å². The monoisotopic (exact) mass is 293 g/mol. The number of hydrogen-bond acceptors (Lipinski definition) is 4. The molecule has 0 bridgehead atoms. The zero-order chi connectivity index (χ0) is 13.9. The number of ether oxygens (including phenoxy) is 2. The molecule has 3 nitrogen and oxygen atoms in total. The molecule has 106 valence electrons. The lowest BCUT2D eigenvalue weighted by atomic mass is 10.3. The van der Waals surface area contributed by atoms with Crippen molar-refractivity contribution in [2.75, 3.05) is 19.8 Å². The SMILES string of the molecule is NCC(Sc1ccc2c(c1)OCCCO2)C(F)(F)F. The van der Waals surface area contributed by atoms with Crippen molar-refractivity contribution < 1.29 is 22.6 Å².